The first-order valence-electron chi connectivity index (χ1n) is 9.29. The molecule has 3 aromatic rings. The quantitative estimate of drug-likeness (QED) is 0.537. The van der Waals surface area contributed by atoms with E-state index in [4.69, 9.17) is 9.47 Å². The van der Waals surface area contributed by atoms with Crippen molar-refractivity contribution in [2.75, 3.05) is 11.4 Å². The first-order chi connectivity index (χ1) is 13.8. The summed E-state index contributed by atoms with van der Waals surface area (Å²) in [7, 11) is 0. The minimum atomic E-state index is -0.637. The fourth-order valence-electron chi connectivity index (χ4n) is 3.19. The molecule has 0 unspecified atom stereocenters. The molecule has 0 fully saturated rings. The number of ether oxygens (including phenoxy) is 2. The van der Waals surface area contributed by atoms with Crippen LogP contribution in [0.25, 0.3) is 11.1 Å². The number of anilines is 1. The Morgan fingerprint density at radius 1 is 1.07 bits per heavy atom. The molecule has 1 aliphatic rings. The predicted molar refractivity (Wildman–Crippen MR) is 114 cm³/mol. The third-order valence-electron chi connectivity index (χ3n) is 4.39. The van der Waals surface area contributed by atoms with Crippen LogP contribution < -0.4 is 9.64 Å². The summed E-state index contributed by atoms with van der Waals surface area (Å²) in [6, 6.07) is 14.7. The molecule has 5 nitrogen and oxygen atoms in total. The number of fused-ring (bicyclic) bond motifs is 2. The van der Waals surface area contributed by atoms with Gasteiger partial charge in [0.05, 0.1) is 11.3 Å². The molecule has 0 radical (unpaired) electrons. The molecule has 0 saturated carbocycles. The number of esters is 1. The lowest BCUT2D eigenvalue weighted by Gasteiger charge is -2.25. The van der Waals surface area contributed by atoms with E-state index in [0.717, 1.165) is 11.1 Å². The number of carbonyl (C=O) groups is 2. The summed E-state index contributed by atoms with van der Waals surface area (Å²) in [6.45, 7) is 5.20. The van der Waals surface area contributed by atoms with E-state index in [2.05, 4.69) is 0 Å². The minimum Gasteiger partial charge on any atom is -0.459 e. The van der Waals surface area contributed by atoms with Crippen molar-refractivity contribution in [3.63, 3.8) is 0 Å². The zero-order valence-electron chi connectivity index (χ0n) is 16.5. The van der Waals surface area contributed by atoms with Crippen molar-refractivity contribution in [1.29, 1.82) is 0 Å². The Labute approximate surface area is 173 Å². The van der Waals surface area contributed by atoms with Crippen LogP contribution in [-0.4, -0.2) is 24.0 Å². The van der Waals surface area contributed by atoms with Gasteiger partial charge in [-0.25, -0.2) is 0 Å². The molecule has 1 aromatic heterocycles. The summed E-state index contributed by atoms with van der Waals surface area (Å²) >= 11 is 1.60. The van der Waals surface area contributed by atoms with Gasteiger partial charge in [0, 0.05) is 0 Å². The predicted octanol–water partition coefficient (Wildman–Crippen LogP) is 5.51. The number of rotatable bonds is 3. The molecular weight excluding hydrogens is 386 g/mol. The summed E-state index contributed by atoms with van der Waals surface area (Å²) in [6.07, 6.45) is 0. The molecule has 1 amide bonds. The highest BCUT2D eigenvalue weighted by molar-refractivity contribution is 7.08. The van der Waals surface area contributed by atoms with Crippen LogP contribution in [0.2, 0.25) is 0 Å². The van der Waals surface area contributed by atoms with Gasteiger partial charge in [-0.15, -0.1) is 0 Å². The van der Waals surface area contributed by atoms with E-state index in [1.165, 1.54) is 4.90 Å². The van der Waals surface area contributed by atoms with Crippen LogP contribution in [0.1, 0.15) is 31.1 Å². The monoisotopic (exact) mass is 407 g/mol. The van der Waals surface area contributed by atoms with Gasteiger partial charge < -0.3 is 9.47 Å². The maximum atomic E-state index is 13.3. The van der Waals surface area contributed by atoms with Crippen LogP contribution >= 0.6 is 11.3 Å². The van der Waals surface area contributed by atoms with E-state index in [0.29, 0.717) is 22.7 Å². The lowest BCUT2D eigenvalue weighted by molar-refractivity contribution is -0.152. The second-order valence-electron chi connectivity index (χ2n) is 7.77. The van der Waals surface area contributed by atoms with Gasteiger partial charge in [-0.1, -0.05) is 18.2 Å². The Hall–Kier alpha value is -3.12. The van der Waals surface area contributed by atoms with Gasteiger partial charge in [-0.05, 0) is 73.0 Å². The smallest absolute Gasteiger partial charge is 0.326 e. The molecule has 0 bridgehead atoms. The Morgan fingerprint density at radius 2 is 1.86 bits per heavy atom. The van der Waals surface area contributed by atoms with Crippen molar-refractivity contribution < 1.29 is 19.1 Å². The molecule has 2 aromatic carbocycles. The number of amides is 1. The Balaban J connectivity index is 1.80. The molecule has 6 heteroatoms. The average molecular weight is 407 g/mol. The summed E-state index contributed by atoms with van der Waals surface area (Å²) in [5, 5.41) is 4.03. The van der Waals surface area contributed by atoms with Crippen molar-refractivity contribution in [2.24, 2.45) is 0 Å². The molecule has 2 heterocycles. The summed E-state index contributed by atoms with van der Waals surface area (Å²) in [4.78, 5) is 27.3. The second kappa shape index (κ2) is 7.37. The molecule has 0 N–H and O–H groups in total. The molecule has 0 aliphatic carbocycles. The highest BCUT2D eigenvalue weighted by Gasteiger charge is 2.31. The van der Waals surface area contributed by atoms with Crippen LogP contribution in [0.3, 0.4) is 0 Å². The number of nitrogens with zero attached hydrogens (tertiary/aromatic N) is 1. The van der Waals surface area contributed by atoms with Crippen LogP contribution in [-0.2, 0) is 9.53 Å². The normalized spacial score (nSPS) is 13.2. The number of hydrogen-bond acceptors (Lipinski definition) is 5. The van der Waals surface area contributed by atoms with E-state index >= 15 is 0 Å². The molecule has 0 spiro atoms. The van der Waals surface area contributed by atoms with Crippen molar-refractivity contribution in [2.45, 2.75) is 26.4 Å². The van der Waals surface area contributed by atoms with E-state index in [9.17, 15) is 9.59 Å². The van der Waals surface area contributed by atoms with Crippen molar-refractivity contribution in [3.8, 4) is 22.6 Å². The van der Waals surface area contributed by atoms with Crippen LogP contribution in [0.5, 0.6) is 11.5 Å². The summed E-state index contributed by atoms with van der Waals surface area (Å²) in [5.41, 5.74) is 2.30. The summed E-state index contributed by atoms with van der Waals surface area (Å²) in [5.74, 6) is 0.212. The molecule has 0 atom stereocenters. The number of carbonyl (C=O) groups excluding carboxylic acids is 2. The fourth-order valence-corrected chi connectivity index (χ4v) is 3.85. The third-order valence-corrected chi connectivity index (χ3v) is 5.08. The average Bonchev–Trinajstić information content (AvgIpc) is 3.16. The lowest BCUT2D eigenvalue weighted by atomic mass is 10.1. The van der Waals surface area contributed by atoms with E-state index in [1.54, 1.807) is 50.3 Å². The second-order valence-corrected chi connectivity index (χ2v) is 8.55. The Kier molecular flexibility index (Phi) is 4.88. The Morgan fingerprint density at radius 3 is 2.59 bits per heavy atom. The molecular formula is C23H21NO4S. The number of hydrogen-bond donors (Lipinski definition) is 0. The van der Waals surface area contributed by atoms with Gasteiger partial charge >= 0.3 is 5.97 Å². The number of para-hydroxylation sites is 1. The highest BCUT2D eigenvalue weighted by Crippen LogP contribution is 2.41. The Bertz CT molecular complexity index is 1070. The van der Waals surface area contributed by atoms with Crippen molar-refractivity contribution in [3.05, 3.63) is 64.9 Å². The van der Waals surface area contributed by atoms with Gasteiger partial charge in [-0.3, -0.25) is 14.5 Å². The minimum absolute atomic E-state index is 0.201. The highest BCUT2D eigenvalue weighted by atomic mass is 32.1. The maximum absolute atomic E-state index is 13.3. The largest absolute Gasteiger partial charge is 0.459 e. The SMILES string of the molecule is CC(C)(C)OC(=O)CN1C(=O)c2ccccc2Oc2ccc(-c3ccsc3)cc21. The molecule has 148 valence electrons. The zero-order valence-corrected chi connectivity index (χ0v) is 17.3. The topological polar surface area (TPSA) is 55.8 Å². The van der Waals surface area contributed by atoms with Crippen molar-refractivity contribution in [1.82, 2.24) is 0 Å². The molecule has 1 aliphatic heterocycles. The van der Waals surface area contributed by atoms with Gasteiger partial charge in [0.25, 0.3) is 5.91 Å². The van der Waals surface area contributed by atoms with Crippen LogP contribution in [0, 0.1) is 0 Å². The zero-order chi connectivity index (χ0) is 20.6. The standard InChI is InChI=1S/C23H21NO4S/c1-23(2,3)28-21(25)13-24-18-12-15(16-10-11-29-14-16)8-9-20(18)27-19-7-5-4-6-17(19)22(24)26/h4-12,14H,13H2,1-3H3. The van der Waals surface area contributed by atoms with Gasteiger partial charge in [0.15, 0.2) is 5.75 Å². The van der Waals surface area contributed by atoms with Crippen LogP contribution in [0.4, 0.5) is 5.69 Å². The van der Waals surface area contributed by atoms with Gasteiger partial charge in [0.1, 0.15) is 17.9 Å². The number of benzene rings is 2. The summed E-state index contributed by atoms with van der Waals surface area (Å²) < 4.78 is 11.5. The molecule has 29 heavy (non-hydrogen) atoms. The first kappa shape index (κ1) is 19.2. The van der Waals surface area contributed by atoms with Gasteiger partial charge in [-0.2, -0.15) is 11.3 Å². The first-order valence-corrected chi connectivity index (χ1v) is 10.2. The number of thiophene rings is 1. The van der Waals surface area contributed by atoms with E-state index in [-0.39, 0.29) is 12.5 Å². The molecule has 0 saturated heterocycles. The van der Waals surface area contributed by atoms with Gasteiger partial charge in [0.2, 0.25) is 0 Å². The van der Waals surface area contributed by atoms with E-state index in [1.807, 2.05) is 41.1 Å². The third kappa shape index (κ3) is 4.03. The molecule has 4 rings (SSSR count). The van der Waals surface area contributed by atoms with Crippen molar-refractivity contribution >= 4 is 28.9 Å². The maximum Gasteiger partial charge on any atom is 0.326 e. The lowest BCUT2D eigenvalue weighted by Crippen LogP contribution is -2.38. The van der Waals surface area contributed by atoms with E-state index < -0.39 is 11.6 Å². The van der Waals surface area contributed by atoms with Crippen LogP contribution in [0.15, 0.2) is 59.3 Å². The fraction of sp³-hybridized carbons (Fsp3) is 0.217.